The fraction of sp³-hybridized carbons (Fsp3) is 0.857. The monoisotopic (exact) mass is 252 g/mol. The van der Waals surface area contributed by atoms with Gasteiger partial charge in [-0.15, -0.1) is 0 Å². The Hall–Kier alpha value is -1.06. The Kier molecular flexibility index (Phi) is 3.16. The van der Waals surface area contributed by atoms with E-state index in [1.807, 2.05) is 11.8 Å². The highest BCUT2D eigenvalue weighted by Crippen LogP contribution is 2.43. The second-order valence-corrected chi connectivity index (χ2v) is 6.12. The van der Waals surface area contributed by atoms with E-state index < -0.39 is 5.54 Å². The van der Waals surface area contributed by atoms with E-state index in [2.05, 4.69) is 26.1 Å². The van der Waals surface area contributed by atoms with Gasteiger partial charge in [0.25, 0.3) is 0 Å². The summed E-state index contributed by atoms with van der Waals surface area (Å²) in [4.78, 5) is 26.5. The molecule has 102 valence electrons. The zero-order chi connectivity index (χ0) is 13.6. The van der Waals surface area contributed by atoms with E-state index in [0.717, 1.165) is 25.7 Å². The van der Waals surface area contributed by atoms with Crippen molar-refractivity contribution in [1.29, 1.82) is 0 Å². The molecule has 0 aromatic heterocycles. The van der Waals surface area contributed by atoms with Gasteiger partial charge in [0.2, 0.25) is 11.8 Å². The van der Waals surface area contributed by atoms with Crippen molar-refractivity contribution < 1.29 is 9.59 Å². The van der Waals surface area contributed by atoms with Crippen molar-refractivity contribution >= 4 is 11.8 Å². The number of piperazine rings is 1. The van der Waals surface area contributed by atoms with Crippen LogP contribution in [0.2, 0.25) is 0 Å². The van der Waals surface area contributed by atoms with Crippen molar-refractivity contribution in [3.05, 3.63) is 0 Å². The molecule has 0 bridgehead atoms. The lowest BCUT2D eigenvalue weighted by Gasteiger charge is -2.48. The van der Waals surface area contributed by atoms with Gasteiger partial charge in [-0.05, 0) is 45.4 Å². The van der Waals surface area contributed by atoms with Crippen LogP contribution in [0, 0.1) is 5.92 Å². The van der Waals surface area contributed by atoms with Gasteiger partial charge in [0, 0.05) is 5.54 Å². The summed E-state index contributed by atoms with van der Waals surface area (Å²) in [5.41, 5.74) is -0.869. The third kappa shape index (κ3) is 1.91. The molecule has 1 aliphatic heterocycles. The molecule has 1 saturated heterocycles. The molecule has 0 aromatic carbocycles. The minimum absolute atomic E-state index is 0.0166. The number of nitrogens with one attached hydrogen (secondary N) is 1. The summed E-state index contributed by atoms with van der Waals surface area (Å²) >= 11 is 0. The quantitative estimate of drug-likeness (QED) is 0.827. The van der Waals surface area contributed by atoms with Crippen LogP contribution in [0.5, 0.6) is 0 Å². The topological polar surface area (TPSA) is 49.4 Å². The number of rotatable bonds is 4. The van der Waals surface area contributed by atoms with Crippen molar-refractivity contribution in [3.63, 3.8) is 0 Å². The van der Waals surface area contributed by atoms with Gasteiger partial charge in [-0.2, -0.15) is 0 Å². The van der Waals surface area contributed by atoms with Crippen LogP contribution in [-0.4, -0.2) is 34.3 Å². The summed E-state index contributed by atoms with van der Waals surface area (Å²) in [6.07, 6.45) is 3.85. The number of carbonyl (C=O) groups excluding carboxylic acids is 2. The van der Waals surface area contributed by atoms with Crippen LogP contribution in [0.4, 0.5) is 0 Å². The predicted molar refractivity (Wildman–Crippen MR) is 70.0 cm³/mol. The molecule has 0 spiro atoms. The van der Waals surface area contributed by atoms with Crippen molar-refractivity contribution in [2.75, 3.05) is 6.54 Å². The molecule has 1 unspecified atom stereocenters. The van der Waals surface area contributed by atoms with Gasteiger partial charge in [-0.25, -0.2) is 0 Å². The maximum absolute atomic E-state index is 12.7. The Labute approximate surface area is 109 Å². The zero-order valence-electron chi connectivity index (χ0n) is 11.9. The van der Waals surface area contributed by atoms with E-state index in [1.54, 1.807) is 0 Å². The minimum atomic E-state index is -0.666. The summed E-state index contributed by atoms with van der Waals surface area (Å²) in [6, 6.07) is 0. The lowest BCUT2D eigenvalue weighted by molar-refractivity contribution is -0.156. The Morgan fingerprint density at radius 2 is 1.89 bits per heavy atom. The molecule has 1 atom stereocenters. The molecule has 1 N–H and O–H groups in total. The first-order valence-corrected chi connectivity index (χ1v) is 7.00. The molecular weight excluding hydrogens is 228 g/mol. The van der Waals surface area contributed by atoms with Crippen LogP contribution in [0.1, 0.15) is 53.4 Å². The van der Waals surface area contributed by atoms with E-state index >= 15 is 0 Å². The van der Waals surface area contributed by atoms with Gasteiger partial charge in [0.15, 0.2) is 0 Å². The Morgan fingerprint density at radius 1 is 1.33 bits per heavy atom. The maximum atomic E-state index is 12.7. The molecule has 2 aliphatic rings. The molecule has 0 aromatic rings. The first-order chi connectivity index (χ1) is 8.37. The molecule has 2 amide bonds. The van der Waals surface area contributed by atoms with E-state index in [0.29, 0.717) is 5.92 Å². The van der Waals surface area contributed by atoms with Gasteiger partial charge >= 0.3 is 0 Å². The van der Waals surface area contributed by atoms with E-state index in [9.17, 15) is 9.59 Å². The van der Waals surface area contributed by atoms with Gasteiger partial charge in [-0.3, -0.25) is 9.59 Å². The Balaban J connectivity index is 2.30. The molecule has 18 heavy (non-hydrogen) atoms. The molecule has 4 nitrogen and oxygen atoms in total. The fourth-order valence-corrected chi connectivity index (χ4v) is 2.88. The van der Waals surface area contributed by atoms with Crippen molar-refractivity contribution in [1.82, 2.24) is 10.2 Å². The predicted octanol–water partition coefficient (Wildman–Crippen LogP) is 1.69. The molecule has 2 fully saturated rings. The molecule has 4 heteroatoms. The van der Waals surface area contributed by atoms with E-state index in [1.165, 1.54) is 0 Å². The van der Waals surface area contributed by atoms with E-state index in [-0.39, 0.29) is 23.9 Å². The molecular formula is C14H24N2O2. The SMILES string of the molecule is CCC(C)(CC)N1CC(=O)NC(C)(C2CC2)C1=O. The molecule has 1 aliphatic carbocycles. The van der Waals surface area contributed by atoms with Crippen molar-refractivity contribution in [3.8, 4) is 0 Å². The van der Waals surface area contributed by atoms with Crippen molar-refractivity contribution in [2.24, 2.45) is 5.92 Å². The van der Waals surface area contributed by atoms with Crippen LogP contribution < -0.4 is 5.32 Å². The molecule has 1 heterocycles. The highest BCUT2D eigenvalue weighted by molar-refractivity contribution is 5.98. The Bertz CT molecular complexity index is 372. The third-order valence-corrected chi connectivity index (χ3v) is 4.96. The van der Waals surface area contributed by atoms with Crippen LogP contribution >= 0.6 is 0 Å². The third-order valence-electron chi connectivity index (χ3n) is 4.96. The fourth-order valence-electron chi connectivity index (χ4n) is 2.88. The number of nitrogens with zero attached hydrogens (tertiary/aromatic N) is 1. The highest BCUT2D eigenvalue weighted by atomic mass is 16.2. The summed E-state index contributed by atoms with van der Waals surface area (Å²) in [6.45, 7) is 8.34. The standard InChI is InChI=1S/C14H24N2O2/c1-5-13(3,6-2)16-9-11(17)15-14(4,12(16)18)10-7-8-10/h10H,5-9H2,1-4H3,(H,15,17). The Morgan fingerprint density at radius 3 is 2.33 bits per heavy atom. The first kappa shape index (κ1) is 13.4. The smallest absolute Gasteiger partial charge is 0.249 e. The van der Waals surface area contributed by atoms with Crippen LogP contribution in [0.25, 0.3) is 0 Å². The largest absolute Gasteiger partial charge is 0.340 e. The number of hydrogen-bond acceptors (Lipinski definition) is 2. The van der Waals surface area contributed by atoms with Crippen molar-refractivity contribution in [2.45, 2.75) is 64.5 Å². The van der Waals surface area contributed by atoms with Crippen LogP contribution in [0.15, 0.2) is 0 Å². The number of carbonyl (C=O) groups is 2. The number of hydrogen-bond donors (Lipinski definition) is 1. The summed E-state index contributed by atoms with van der Waals surface area (Å²) in [5, 5.41) is 2.92. The second-order valence-electron chi connectivity index (χ2n) is 6.12. The maximum Gasteiger partial charge on any atom is 0.249 e. The number of amides is 2. The highest BCUT2D eigenvalue weighted by Gasteiger charge is 2.54. The van der Waals surface area contributed by atoms with Crippen LogP contribution in [0.3, 0.4) is 0 Å². The molecule has 0 radical (unpaired) electrons. The van der Waals surface area contributed by atoms with Gasteiger partial charge < -0.3 is 10.2 Å². The lowest BCUT2D eigenvalue weighted by Crippen LogP contribution is -2.70. The van der Waals surface area contributed by atoms with Gasteiger partial charge in [0.1, 0.15) is 12.1 Å². The minimum Gasteiger partial charge on any atom is -0.340 e. The summed E-state index contributed by atoms with van der Waals surface area (Å²) in [5.74, 6) is 0.419. The van der Waals surface area contributed by atoms with Crippen LogP contribution in [-0.2, 0) is 9.59 Å². The van der Waals surface area contributed by atoms with E-state index in [4.69, 9.17) is 0 Å². The summed E-state index contributed by atoms with van der Waals surface area (Å²) in [7, 11) is 0. The second kappa shape index (κ2) is 4.25. The lowest BCUT2D eigenvalue weighted by atomic mass is 9.85. The van der Waals surface area contributed by atoms with Gasteiger partial charge in [0.05, 0.1) is 0 Å². The average Bonchev–Trinajstić information content (AvgIpc) is 3.17. The molecule has 2 rings (SSSR count). The average molecular weight is 252 g/mol. The summed E-state index contributed by atoms with van der Waals surface area (Å²) < 4.78 is 0. The first-order valence-electron chi connectivity index (χ1n) is 7.00. The van der Waals surface area contributed by atoms with Gasteiger partial charge in [-0.1, -0.05) is 13.8 Å². The zero-order valence-corrected chi connectivity index (χ0v) is 11.9. The molecule has 1 saturated carbocycles. The normalized spacial score (nSPS) is 29.4.